The Hall–Kier alpha value is -1.35. The minimum Gasteiger partial charge on any atom is -0.298 e. The molecule has 0 saturated heterocycles. The molecule has 0 spiro atoms. The van der Waals surface area contributed by atoms with E-state index in [1.54, 1.807) is 10.7 Å². The van der Waals surface area contributed by atoms with E-state index in [2.05, 4.69) is 5.10 Å². The first-order valence-corrected chi connectivity index (χ1v) is 4.60. The fraction of sp³-hybridized carbons (Fsp3) is 0.200. The van der Waals surface area contributed by atoms with Crippen LogP contribution in [0.15, 0.2) is 12.1 Å². The molecule has 0 N–H and O–H groups in total. The summed E-state index contributed by atoms with van der Waals surface area (Å²) in [5.74, 6) is 0. The Labute approximate surface area is 86.3 Å². The lowest BCUT2D eigenvalue weighted by Gasteiger charge is -1.99. The SMILES string of the molecule is Cc1nn(C)c2ccc(Cl)c(C=O)c12. The Kier molecular flexibility index (Phi) is 2.04. The summed E-state index contributed by atoms with van der Waals surface area (Å²) in [6.45, 7) is 1.87. The number of aromatic nitrogens is 2. The van der Waals surface area contributed by atoms with Gasteiger partial charge >= 0.3 is 0 Å². The maximum Gasteiger partial charge on any atom is 0.152 e. The number of benzene rings is 1. The summed E-state index contributed by atoms with van der Waals surface area (Å²) < 4.78 is 1.74. The van der Waals surface area contributed by atoms with Gasteiger partial charge in [-0.05, 0) is 19.1 Å². The van der Waals surface area contributed by atoms with Crippen molar-refractivity contribution in [3.05, 3.63) is 28.4 Å². The molecule has 2 aromatic rings. The Morgan fingerprint density at radius 1 is 1.50 bits per heavy atom. The van der Waals surface area contributed by atoms with E-state index < -0.39 is 0 Å². The molecule has 3 nitrogen and oxygen atoms in total. The van der Waals surface area contributed by atoms with Crippen molar-refractivity contribution >= 4 is 28.8 Å². The predicted molar refractivity (Wildman–Crippen MR) is 55.8 cm³/mol. The summed E-state index contributed by atoms with van der Waals surface area (Å²) in [5, 5.41) is 5.56. The van der Waals surface area contributed by atoms with Gasteiger partial charge in [0.05, 0.1) is 16.2 Å². The number of rotatable bonds is 1. The lowest BCUT2D eigenvalue weighted by Crippen LogP contribution is -1.89. The minimum absolute atomic E-state index is 0.476. The topological polar surface area (TPSA) is 34.9 Å². The summed E-state index contributed by atoms with van der Waals surface area (Å²) >= 11 is 5.92. The molecule has 1 aromatic heterocycles. The van der Waals surface area contributed by atoms with E-state index in [4.69, 9.17) is 11.6 Å². The minimum atomic E-state index is 0.476. The van der Waals surface area contributed by atoms with Gasteiger partial charge in [0, 0.05) is 18.0 Å². The van der Waals surface area contributed by atoms with Crippen LogP contribution in [0, 0.1) is 6.92 Å². The fourth-order valence-corrected chi connectivity index (χ4v) is 1.88. The van der Waals surface area contributed by atoms with Crippen molar-refractivity contribution in [3.63, 3.8) is 0 Å². The van der Waals surface area contributed by atoms with Crippen molar-refractivity contribution in [2.24, 2.45) is 7.05 Å². The van der Waals surface area contributed by atoms with Crippen LogP contribution in [-0.2, 0) is 7.05 Å². The molecule has 72 valence electrons. The summed E-state index contributed by atoms with van der Waals surface area (Å²) in [5.41, 5.74) is 2.27. The number of carbonyl (C=O) groups excluding carboxylic acids is 1. The van der Waals surface area contributed by atoms with Crippen LogP contribution in [0.4, 0.5) is 0 Å². The second kappa shape index (κ2) is 3.10. The fourth-order valence-electron chi connectivity index (χ4n) is 1.68. The van der Waals surface area contributed by atoms with Gasteiger partial charge in [-0.15, -0.1) is 0 Å². The van der Waals surface area contributed by atoms with Gasteiger partial charge in [0.25, 0.3) is 0 Å². The molecule has 1 heterocycles. The van der Waals surface area contributed by atoms with Crippen LogP contribution in [0.25, 0.3) is 10.9 Å². The third kappa shape index (κ3) is 1.13. The van der Waals surface area contributed by atoms with Crippen LogP contribution >= 0.6 is 11.6 Å². The number of hydrogen-bond donors (Lipinski definition) is 0. The van der Waals surface area contributed by atoms with Crippen LogP contribution in [0.2, 0.25) is 5.02 Å². The summed E-state index contributed by atoms with van der Waals surface area (Å²) in [6.07, 6.45) is 0.777. The number of hydrogen-bond acceptors (Lipinski definition) is 2. The highest BCUT2D eigenvalue weighted by Gasteiger charge is 2.11. The number of nitrogens with zero attached hydrogens (tertiary/aromatic N) is 2. The van der Waals surface area contributed by atoms with Crippen molar-refractivity contribution in [1.29, 1.82) is 0 Å². The quantitative estimate of drug-likeness (QED) is 0.675. The molecule has 0 aliphatic rings. The zero-order valence-electron chi connectivity index (χ0n) is 7.91. The highest BCUT2D eigenvalue weighted by atomic mass is 35.5. The third-order valence-electron chi connectivity index (χ3n) is 2.30. The molecule has 0 bridgehead atoms. The first-order chi connectivity index (χ1) is 6.65. The summed E-state index contributed by atoms with van der Waals surface area (Å²) in [4.78, 5) is 10.9. The number of aldehydes is 1. The van der Waals surface area contributed by atoms with Gasteiger partial charge < -0.3 is 0 Å². The normalized spacial score (nSPS) is 10.8. The molecule has 14 heavy (non-hydrogen) atoms. The Bertz CT molecular complexity index is 516. The molecule has 2 rings (SSSR count). The van der Waals surface area contributed by atoms with Crippen LogP contribution in [0.5, 0.6) is 0 Å². The largest absolute Gasteiger partial charge is 0.298 e. The summed E-state index contributed by atoms with van der Waals surface area (Å²) in [6, 6.07) is 3.58. The number of halogens is 1. The molecular formula is C10H9ClN2O. The van der Waals surface area contributed by atoms with Gasteiger partial charge in [0.15, 0.2) is 6.29 Å². The molecule has 0 radical (unpaired) electrons. The maximum atomic E-state index is 10.9. The molecule has 0 saturated carbocycles. The smallest absolute Gasteiger partial charge is 0.152 e. The second-order valence-corrected chi connectivity index (χ2v) is 3.59. The Morgan fingerprint density at radius 3 is 2.86 bits per heavy atom. The van der Waals surface area contributed by atoms with Crippen molar-refractivity contribution in [2.75, 3.05) is 0 Å². The zero-order chi connectivity index (χ0) is 10.3. The number of aryl methyl sites for hydroxylation is 2. The molecule has 0 aliphatic heterocycles. The van der Waals surface area contributed by atoms with Crippen molar-refractivity contribution < 1.29 is 4.79 Å². The lowest BCUT2D eigenvalue weighted by molar-refractivity contribution is 0.112. The van der Waals surface area contributed by atoms with Gasteiger partial charge in [-0.3, -0.25) is 9.48 Å². The lowest BCUT2D eigenvalue weighted by atomic mass is 10.1. The monoisotopic (exact) mass is 208 g/mol. The van der Waals surface area contributed by atoms with E-state index in [0.29, 0.717) is 10.6 Å². The molecule has 4 heteroatoms. The van der Waals surface area contributed by atoms with E-state index in [1.807, 2.05) is 20.0 Å². The van der Waals surface area contributed by atoms with E-state index in [9.17, 15) is 4.79 Å². The van der Waals surface area contributed by atoms with Crippen LogP contribution in [-0.4, -0.2) is 16.1 Å². The standard InChI is InChI=1S/C10H9ClN2O/c1-6-10-7(5-14)8(11)3-4-9(10)13(2)12-6/h3-5H,1-2H3. The highest BCUT2D eigenvalue weighted by molar-refractivity contribution is 6.34. The first-order valence-electron chi connectivity index (χ1n) is 4.22. The molecule has 0 unspecified atom stereocenters. The molecular weight excluding hydrogens is 200 g/mol. The predicted octanol–water partition coefficient (Wildman–Crippen LogP) is 2.35. The molecule has 0 atom stereocenters. The van der Waals surface area contributed by atoms with Crippen LogP contribution < -0.4 is 0 Å². The molecule has 0 amide bonds. The average Bonchev–Trinajstić information content (AvgIpc) is 2.43. The first kappa shape index (κ1) is 9.21. The number of carbonyl (C=O) groups is 1. The van der Waals surface area contributed by atoms with E-state index in [0.717, 1.165) is 22.9 Å². The van der Waals surface area contributed by atoms with Gasteiger partial charge in [-0.25, -0.2) is 0 Å². The Morgan fingerprint density at radius 2 is 2.21 bits per heavy atom. The van der Waals surface area contributed by atoms with E-state index in [1.165, 1.54) is 0 Å². The maximum absolute atomic E-state index is 10.9. The number of fused-ring (bicyclic) bond motifs is 1. The van der Waals surface area contributed by atoms with E-state index in [-0.39, 0.29) is 0 Å². The highest BCUT2D eigenvalue weighted by Crippen LogP contribution is 2.26. The molecule has 0 aliphatic carbocycles. The second-order valence-electron chi connectivity index (χ2n) is 3.18. The molecule has 1 aromatic carbocycles. The van der Waals surface area contributed by atoms with Crippen molar-refractivity contribution in [1.82, 2.24) is 9.78 Å². The van der Waals surface area contributed by atoms with Crippen LogP contribution in [0.1, 0.15) is 16.1 Å². The van der Waals surface area contributed by atoms with Gasteiger partial charge in [0.2, 0.25) is 0 Å². The van der Waals surface area contributed by atoms with Crippen LogP contribution in [0.3, 0.4) is 0 Å². The van der Waals surface area contributed by atoms with Gasteiger partial charge in [-0.1, -0.05) is 11.6 Å². The van der Waals surface area contributed by atoms with Gasteiger partial charge in [-0.2, -0.15) is 5.10 Å². The average molecular weight is 209 g/mol. The Balaban J connectivity index is 2.99. The summed E-state index contributed by atoms with van der Waals surface area (Å²) in [7, 11) is 1.85. The third-order valence-corrected chi connectivity index (χ3v) is 2.63. The van der Waals surface area contributed by atoms with Gasteiger partial charge in [0.1, 0.15) is 0 Å². The molecule has 0 fully saturated rings. The van der Waals surface area contributed by atoms with E-state index >= 15 is 0 Å². The van der Waals surface area contributed by atoms with Crippen molar-refractivity contribution in [2.45, 2.75) is 6.92 Å². The van der Waals surface area contributed by atoms with Crippen molar-refractivity contribution in [3.8, 4) is 0 Å². The zero-order valence-corrected chi connectivity index (χ0v) is 8.67.